The fraction of sp³-hybridized carbons (Fsp3) is 0.375. The fourth-order valence-electron chi connectivity index (χ4n) is 1.32. The van der Waals surface area contributed by atoms with E-state index in [4.69, 9.17) is 28.9 Å². The Balaban J connectivity index is 2.41. The van der Waals surface area contributed by atoms with Crippen molar-refractivity contribution in [1.29, 1.82) is 0 Å². The molecule has 2 atom stereocenters. The number of nitrogens with two attached hydrogens (primary N) is 1. The SMILES string of the molecule is N[C@@H]1C[C@H]1c1c(Cl)cncc1Cl. The summed E-state index contributed by atoms with van der Waals surface area (Å²) >= 11 is 11.9. The minimum Gasteiger partial charge on any atom is -0.327 e. The maximum atomic E-state index is 5.93. The number of halogens is 2. The van der Waals surface area contributed by atoms with Crippen molar-refractivity contribution in [2.75, 3.05) is 0 Å². The smallest absolute Gasteiger partial charge is 0.0639 e. The molecule has 64 valence electrons. The average Bonchev–Trinajstić information content (AvgIpc) is 2.67. The van der Waals surface area contributed by atoms with E-state index in [9.17, 15) is 0 Å². The molecule has 4 heteroatoms. The van der Waals surface area contributed by atoms with Gasteiger partial charge in [0.15, 0.2) is 0 Å². The Hall–Kier alpha value is -0.310. The molecule has 0 aromatic carbocycles. The molecule has 0 radical (unpaired) electrons. The Morgan fingerprint density at radius 3 is 2.25 bits per heavy atom. The predicted octanol–water partition coefficient (Wildman–Crippen LogP) is 2.20. The molecule has 1 heterocycles. The van der Waals surface area contributed by atoms with Gasteiger partial charge in [-0.25, -0.2) is 0 Å². The first-order valence-corrected chi connectivity index (χ1v) is 4.50. The van der Waals surface area contributed by atoms with Crippen molar-refractivity contribution in [2.24, 2.45) is 5.73 Å². The summed E-state index contributed by atoms with van der Waals surface area (Å²) in [6.45, 7) is 0. The second-order valence-corrected chi connectivity index (χ2v) is 3.84. The molecule has 0 aliphatic heterocycles. The lowest BCUT2D eigenvalue weighted by Gasteiger charge is -2.03. The van der Waals surface area contributed by atoms with Gasteiger partial charge in [0, 0.05) is 24.4 Å². The zero-order valence-corrected chi connectivity index (χ0v) is 7.81. The lowest BCUT2D eigenvalue weighted by Crippen LogP contribution is -2.01. The number of hydrogen-bond acceptors (Lipinski definition) is 2. The van der Waals surface area contributed by atoms with Gasteiger partial charge in [-0.1, -0.05) is 23.2 Å². The Morgan fingerprint density at radius 1 is 1.33 bits per heavy atom. The predicted molar refractivity (Wildman–Crippen MR) is 49.6 cm³/mol. The van der Waals surface area contributed by atoms with Crippen molar-refractivity contribution >= 4 is 23.2 Å². The van der Waals surface area contributed by atoms with E-state index in [-0.39, 0.29) is 6.04 Å². The average molecular weight is 203 g/mol. The van der Waals surface area contributed by atoms with Gasteiger partial charge < -0.3 is 5.73 Å². The van der Waals surface area contributed by atoms with Crippen LogP contribution in [0.25, 0.3) is 0 Å². The molecule has 1 aliphatic rings. The summed E-state index contributed by atoms with van der Waals surface area (Å²) in [6.07, 6.45) is 4.19. The molecule has 12 heavy (non-hydrogen) atoms. The van der Waals surface area contributed by atoms with Crippen LogP contribution in [0.2, 0.25) is 10.0 Å². The quantitative estimate of drug-likeness (QED) is 0.759. The van der Waals surface area contributed by atoms with E-state index >= 15 is 0 Å². The van der Waals surface area contributed by atoms with Gasteiger partial charge in [-0.15, -0.1) is 0 Å². The van der Waals surface area contributed by atoms with Gasteiger partial charge in [0.1, 0.15) is 0 Å². The van der Waals surface area contributed by atoms with Crippen molar-refractivity contribution in [3.63, 3.8) is 0 Å². The van der Waals surface area contributed by atoms with Crippen molar-refractivity contribution < 1.29 is 0 Å². The van der Waals surface area contributed by atoms with Gasteiger partial charge in [-0.05, 0) is 12.0 Å². The summed E-state index contributed by atoms with van der Waals surface area (Å²) in [7, 11) is 0. The summed E-state index contributed by atoms with van der Waals surface area (Å²) in [5.41, 5.74) is 6.66. The minimum atomic E-state index is 0.224. The first-order chi connectivity index (χ1) is 5.70. The summed E-state index contributed by atoms with van der Waals surface area (Å²) in [5, 5.41) is 1.25. The van der Waals surface area contributed by atoms with E-state index in [2.05, 4.69) is 4.98 Å². The maximum absolute atomic E-state index is 5.93. The molecular formula is C8H8Cl2N2. The molecule has 2 nitrogen and oxygen atoms in total. The van der Waals surface area contributed by atoms with Gasteiger partial charge in [0.25, 0.3) is 0 Å². The van der Waals surface area contributed by atoms with Gasteiger partial charge >= 0.3 is 0 Å². The van der Waals surface area contributed by atoms with Crippen molar-refractivity contribution in [3.05, 3.63) is 28.0 Å². The van der Waals surface area contributed by atoms with E-state index in [1.807, 2.05) is 0 Å². The third kappa shape index (κ3) is 1.30. The van der Waals surface area contributed by atoms with Crippen LogP contribution in [0.4, 0.5) is 0 Å². The zero-order chi connectivity index (χ0) is 8.72. The standard InChI is InChI=1S/C8H8Cl2N2/c9-5-2-12-3-6(10)8(5)4-1-7(4)11/h2-4,7H,1,11H2/t4-,7-/m1/s1. The second-order valence-electron chi connectivity index (χ2n) is 3.02. The van der Waals surface area contributed by atoms with Gasteiger partial charge in [-0.2, -0.15) is 0 Å². The van der Waals surface area contributed by atoms with Gasteiger partial charge in [0.05, 0.1) is 10.0 Å². The van der Waals surface area contributed by atoms with E-state index in [1.165, 1.54) is 0 Å². The van der Waals surface area contributed by atoms with Crippen molar-refractivity contribution in [2.45, 2.75) is 18.4 Å². The first kappa shape index (κ1) is 8.30. The Morgan fingerprint density at radius 2 is 1.83 bits per heavy atom. The molecule has 2 N–H and O–H groups in total. The second kappa shape index (κ2) is 2.87. The first-order valence-electron chi connectivity index (χ1n) is 3.74. The van der Waals surface area contributed by atoms with Crippen LogP contribution in [0.15, 0.2) is 12.4 Å². The number of hydrogen-bond donors (Lipinski definition) is 1. The van der Waals surface area contributed by atoms with Crippen LogP contribution in [0, 0.1) is 0 Å². The molecule has 0 bridgehead atoms. The molecule has 1 saturated carbocycles. The van der Waals surface area contributed by atoms with E-state index in [0.29, 0.717) is 16.0 Å². The highest BCUT2D eigenvalue weighted by Crippen LogP contribution is 2.44. The summed E-state index contributed by atoms with van der Waals surface area (Å²) < 4.78 is 0. The molecule has 1 fully saturated rings. The lowest BCUT2D eigenvalue weighted by atomic mass is 10.2. The molecule has 1 aliphatic carbocycles. The number of aromatic nitrogens is 1. The third-order valence-electron chi connectivity index (χ3n) is 2.10. The number of rotatable bonds is 1. The van der Waals surface area contributed by atoms with Crippen LogP contribution >= 0.6 is 23.2 Å². The molecule has 2 rings (SSSR count). The molecule has 1 aromatic heterocycles. The minimum absolute atomic E-state index is 0.224. The van der Waals surface area contributed by atoms with Crippen molar-refractivity contribution in [1.82, 2.24) is 4.98 Å². The van der Waals surface area contributed by atoms with E-state index in [1.54, 1.807) is 12.4 Å². The summed E-state index contributed by atoms with van der Waals surface area (Å²) in [4.78, 5) is 3.87. The normalized spacial score (nSPS) is 27.2. The molecule has 0 spiro atoms. The van der Waals surface area contributed by atoms with Gasteiger partial charge in [-0.3, -0.25) is 4.98 Å². The fourth-order valence-corrected chi connectivity index (χ4v) is 1.97. The Labute approximate surface area is 80.7 Å². The maximum Gasteiger partial charge on any atom is 0.0639 e. The molecule has 1 aromatic rings. The molecule has 0 amide bonds. The van der Waals surface area contributed by atoms with Crippen LogP contribution in [0.1, 0.15) is 17.9 Å². The van der Waals surface area contributed by atoms with Crippen LogP contribution in [-0.4, -0.2) is 11.0 Å². The van der Waals surface area contributed by atoms with Crippen molar-refractivity contribution in [3.8, 4) is 0 Å². The third-order valence-corrected chi connectivity index (χ3v) is 2.70. The van der Waals surface area contributed by atoms with Gasteiger partial charge in [0.2, 0.25) is 0 Å². The lowest BCUT2D eigenvalue weighted by molar-refractivity contribution is 0.986. The topological polar surface area (TPSA) is 38.9 Å². The van der Waals surface area contributed by atoms with Crippen LogP contribution in [-0.2, 0) is 0 Å². The highest BCUT2D eigenvalue weighted by molar-refractivity contribution is 6.35. The largest absolute Gasteiger partial charge is 0.327 e. The van der Waals surface area contributed by atoms with Crippen LogP contribution in [0.3, 0.4) is 0 Å². The highest BCUT2D eigenvalue weighted by Gasteiger charge is 2.37. The molecular weight excluding hydrogens is 195 g/mol. The number of nitrogens with zero attached hydrogens (tertiary/aromatic N) is 1. The van der Waals surface area contributed by atoms with E-state index in [0.717, 1.165) is 12.0 Å². The Kier molecular flexibility index (Phi) is 1.99. The monoisotopic (exact) mass is 202 g/mol. The Bertz CT molecular complexity index is 294. The molecule has 0 saturated heterocycles. The summed E-state index contributed by atoms with van der Waals surface area (Å²) in [6, 6.07) is 0.224. The van der Waals surface area contributed by atoms with E-state index < -0.39 is 0 Å². The number of pyridine rings is 1. The molecule has 0 unspecified atom stereocenters. The van der Waals surface area contributed by atoms with Crippen LogP contribution < -0.4 is 5.73 Å². The highest BCUT2D eigenvalue weighted by atomic mass is 35.5. The van der Waals surface area contributed by atoms with Crippen LogP contribution in [0.5, 0.6) is 0 Å². The zero-order valence-electron chi connectivity index (χ0n) is 6.30. The summed E-state index contributed by atoms with van der Waals surface area (Å²) in [5.74, 6) is 0.341.